The fourth-order valence-corrected chi connectivity index (χ4v) is 2.12. The molecule has 112 valence electrons. The van der Waals surface area contributed by atoms with Gasteiger partial charge in [-0.3, -0.25) is 0 Å². The van der Waals surface area contributed by atoms with E-state index >= 15 is 0 Å². The Hall–Kier alpha value is -1.72. The maximum Gasteiger partial charge on any atom is 0.224 e. The summed E-state index contributed by atoms with van der Waals surface area (Å²) in [5.74, 6) is 1.94. The molecule has 0 saturated heterocycles. The molecular weight excluding hydrogens is 313 g/mol. The zero-order chi connectivity index (χ0) is 15.2. The largest absolute Gasteiger partial charge is 0.493 e. The van der Waals surface area contributed by atoms with Gasteiger partial charge in [0.05, 0.1) is 20.4 Å². The highest BCUT2D eigenvalue weighted by Gasteiger charge is 2.06. The van der Waals surface area contributed by atoms with Gasteiger partial charge in [-0.15, -0.1) is 0 Å². The van der Waals surface area contributed by atoms with Crippen LogP contribution in [0.2, 0.25) is 10.3 Å². The maximum absolute atomic E-state index is 5.98. The Morgan fingerprint density at radius 3 is 2.62 bits per heavy atom. The molecule has 5 nitrogen and oxygen atoms in total. The van der Waals surface area contributed by atoms with Crippen molar-refractivity contribution in [2.45, 2.75) is 6.42 Å². The molecule has 0 radical (unpaired) electrons. The van der Waals surface area contributed by atoms with E-state index in [1.807, 2.05) is 18.2 Å². The molecule has 2 aromatic rings. The molecule has 7 heteroatoms. The first kappa shape index (κ1) is 15.7. The SMILES string of the molecule is COc1ccc(CCNc2nc(Cl)ncc2Cl)cc1OC. The van der Waals surface area contributed by atoms with Crippen LogP contribution in [0.5, 0.6) is 11.5 Å². The number of halogens is 2. The lowest BCUT2D eigenvalue weighted by atomic mass is 10.1. The summed E-state index contributed by atoms with van der Waals surface area (Å²) in [7, 11) is 3.22. The Morgan fingerprint density at radius 1 is 1.14 bits per heavy atom. The number of rotatable bonds is 6. The molecule has 0 unspecified atom stereocenters. The van der Waals surface area contributed by atoms with Gasteiger partial charge >= 0.3 is 0 Å². The van der Waals surface area contributed by atoms with Gasteiger partial charge in [0.25, 0.3) is 0 Å². The molecule has 0 atom stereocenters. The Labute approximate surface area is 133 Å². The van der Waals surface area contributed by atoms with E-state index in [1.54, 1.807) is 14.2 Å². The van der Waals surface area contributed by atoms with Gasteiger partial charge in [-0.25, -0.2) is 4.98 Å². The molecule has 0 saturated carbocycles. The van der Waals surface area contributed by atoms with Crippen LogP contribution in [0, 0.1) is 0 Å². The summed E-state index contributed by atoms with van der Waals surface area (Å²) in [4.78, 5) is 7.83. The molecular formula is C14H15Cl2N3O2. The van der Waals surface area contributed by atoms with Crippen LogP contribution in [0.15, 0.2) is 24.4 Å². The summed E-state index contributed by atoms with van der Waals surface area (Å²) < 4.78 is 10.5. The van der Waals surface area contributed by atoms with Crippen LogP contribution >= 0.6 is 23.2 Å². The van der Waals surface area contributed by atoms with E-state index in [-0.39, 0.29) is 5.28 Å². The van der Waals surface area contributed by atoms with Crippen molar-refractivity contribution in [3.63, 3.8) is 0 Å². The van der Waals surface area contributed by atoms with Gasteiger partial charge in [-0.1, -0.05) is 17.7 Å². The molecule has 2 rings (SSSR count). The fraction of sp³-hybridized carbons (Fsp3) is 0.286. The Bertz CT molecular complexity index is 623. The molecule has 0 aliphatic rings. The minimum atomic E-state index is 0.160. The summed E-state index contributed by atoms with van der Waals surface area (Å²) in [5, 5.41) is 3.73. The number of nitrogens with zero attached hydrogens (tertiary/aromatic N) is 2. The average molecular weight is 328 g/mol. The van der Waals surface area contributed by atoms with E-state index in [9.17, 15) is 0 Å². The van der Waals surface area contributed by atoms with E-state index in [4.69, 9.17) is 32.7 Å². The monoisotopic (exact) mass is 327 g/mol. The number of aromatic nitrogens is 2. The lowest BCUT2D eigenvalue weighted by Gasteiger charge is -2.10. The lowest BCUT2D eigenvalue weighted by Crippen LogP contribution is -2.07. The Balaban J connectivity index is 1.98. The van der Waals surface area contributed by atoms with Crippen molar-refractivity contribution in [1.29, 1.82) is 0 Å². The quantitative estimate of drug-likeness (QED) is 0.823. The minimum Gasteiger partial charge on any atom is -0.493 e. The van der Waals surface area contributed by atoms with E-state index in [2.05, 4.69) is 15.3 Å². The van der Waals surface area contributed by atoms with Gasteiger partial charge in [-0.05, 0) is 35.7 Å². The molecule has 1 N–H and O–H groups in total. The van der Waals surface area contributed by atoms with Gasteiger partial charge in [0, 0.05) is 6.54 Å². The molecule has 1 aromatic carbocycles. The number of hydrogen-bond acceptors (Lipinski definition) is 5. The number of hydrogen-bond donors (Lipinski definition) is 1. The Kier molecular flexibility index (Phi) is 5.47. The van der Waals surface area contributed by atoms with Gasteiger partial charge in [0.15, 0.2) is 11.5 Å². The van der Waals surface area contributed by atoms with Crippen molar-refractivity contribution in [3.8, 4) is 11.5 Å². The smallest absolute Gasteiger partial charge is 0.224 e. The van der Waals surface area contributed by atoms with Crippen molar-refractivity contribution in [3.05, 3.63) is 40.3 Å². The molecule has 0 fully saturated rings. The zero-order valence-corrected chi connectivity index (χ0v) is 13.2. The normalized spacial score (nSPS) is 10.3. The fourth-order valence-electron chi connectivity index (χ4n) is 1.83. The van der Waals surface area contributed by atoms with Gasteiger partial charge in [0.1, 0.15) is 10.8 Å². The summed E-state index contributed by atoms with van der Waals surface area (Å²) in [6.45, 7) is 0.655. The first-order valence-electron chi connectivity index (χ1n) is 6.27. The molecule has 0 amide bonds. The summed E-state index contributed by atoms with van der Waals surface area (Å²) in [6, 6.07) is 5.80. The summed E-state index contributed by atoms with van der Waals surface area (Å²) in [5.41, 5.74) is 1.11. The van der Waals surface area contributed by atoms with Gasteiger partial charge in [-0.2, -0.15) is 4.98 Å². The van der Waals surface area contributed by atoms with Crippen molar-refractivity contribution in [2.24, 2.45) is 0 Å². The predicted octanol–water partition coefficient (Wildman–Crippen LogP) is 3.46. The number of ether oxygens (including phenoxy) is 2. The first-order chi connectivity index (χ1) is 10.1. The minimum absolute atomic E-state index is 0.160. The highest BCUT2D eigenvalue weighted by molar-refractivity contribution is 6.33. The van der Waals surface area contributed by atoms with Gasteiger partial charge < -0.3 is 14.8 Å². The summed E-state index contributed by atoms with van der Waals surface area (Å²) >= 11 is 11.7. The van der Waals surface area contributed by atoms with Crippen LogP contribution in [-0.4, -0.2) is 30.7 Å². The molecule has 0 spiro atoms. The van der Waals surface area contributed by atoms with E-state index in [0.29, 0.717) is 28.9 Å². The second kappa shape index (κ2) is 7.33. The highest BCUT2D eigenvalue weighted by Crippen LogP contribution is 2.27. The predicted molar refractivity (Wildman–Crippen MR) is 83.8 cm³/mol. The first-order valence-corrected chi connectivity index (χ1v) is 7.02. The standard InChI is InChI=1S/C14H15Cl2N3O2/c1-20-11-4-3-9(7-12(11)21-2)5-6-17-13-10(15)8-18-14(16)19-13/h3-4,7-8H,5-6H2,1-2H3,(H,17,18,19). The molecule has 0 bridgehead atoms. The van der Waals surface area contributed by atoms with Crippen LogP contribution in [-0.2, 0) is 6.42 Å². The summed E-state index contributed by atoms with van der Waals surface area (Å²) in [6.07, 6.45) is 2.24. The van der Waals surface area contributed by atoms with Crippen LogP contribution < -0.4 is 14.8 Å². The van der Waals surface area contributed by atoms with Crippen molar-refractivity contribution >= 4 is 29.0 Å². The number of anilines is 1. The second-order valence-corrected chi connectivity index (χ2v) is 4.95. The van der Waals surface area contributed by atoms with Crippen molar-refractivity contribution in [2.75, 3.05) is 26.1 Å². The average Bonchev–Trinajstić information content (AvgIpc) is 2.50. The van der Waals surface area contributed by atoms with Crippen molar-refractivity contribution in [1.82, 2.24) is 9.97 Å². The molecule has 0 aliphatic heterocycles. The number of benzene rings is 1. The Morgan fingerprint density at radius 2 is 1.90 bits per heavy atom. The van der Waals surface area contributed by atoms with Crippen LogP contribution in [0.25, 0.3) is 0 Å². The zero-order valence-electron chi connectivity index (χ0n) is 11.7. The van der Waals surface area contributed by atoms with E-state index in [1.165, 1.54) is 6.20 Å². The van der Waals surface area contributed by atoms with E-state index in [0.717, 1.165) is 12.0 Å². The van der Waals surface area contributed by atoms with Crippen LogP contribution in [0.3, 0.4) is 0 Å². The topological polar surface area (TPSA) is 56.3 Å². The third kappa shape index (κ3) is 4.12. The third-order valence-corrected chi connectivity index (χ3v) is 3.33. The molecule has 1 heterocycles. The number of methoxy groups -OCH3 is 2. The molecule has 0 aliphatic carbocycles. The third-order valence-electron chi connectivity index (χ3n) is 2.87. The van der Waals surface area contributed by atoms with Crippen LogP contribution in [0.1, 0.15) is 5.56 Å². The second-order valence-electron chi connectivity index (χ2n) is 4.20. The van der Waals surface area contributed by atoms with E-state index < -0.39 is 0 Å². The van der Waals surface area contributed by atoms with Crippen molar-refractivity contribution < 1.29 is 9.47 Å². The maximum atomic E-state index is 5.98. The number of nitrogens with one attached hydrogen (secondary N) is 1. The molecule has 21 heavy (non-hydrogen) atoms. The van der Waals surface area contributed by atoms with Crippen LogP contribution in [0.4, 0.5) is 5.82 Å². The molecule has 1 aromatic heterocycles. The highest BCUT2D eigenvalue weighted by atomic mass is 35.5. The van der Waals surface area contributed by atoms with Gasteiger partial charge in [0.2, 0.25) is 5.28 Å². The lowest BCUT2D eigenvalue weighted by molar-refractivity contribution is 0.354.